The van der Waals surface area contributed by atoms with Crippen LogP contribution in [0.2, 0.25) is 0 Å². The Bertz CT molecular complexity index is 1290. The van der Waals surface area contributed by atoms with Crippen LogP contribution in [0.3, 0.4) is 0 Å². The highest BCUT2D eigenvalue weighted by Gasteiger charge is 2.19. The minimum absolute atomic E-state index is 0.553. The van der Waals surface area contributed by atoms with Crippen molar-refractivity contribution in [2.75, 3.05) is 23.3 Å². The third-order valence-electron chi connectivity index (χ3n) is 6.68. The molecule has 4 aromatic rings. The van der Waals surface area contributed by atoms with Crippen LogP contribution in [-0.4, -0.2) is 13.5 Å². The number of benzene rings is 4. The molecule has 0 radical (unpaired) electrons. The van der Waals surface area contributed by atoms with E-state index in [0.717, 1.165) is 24.6 Å². The van der Waals surface area contributed by atoms with Crippen molar-refractivity contribution >= 4 is 11.4 Å². The summed E-state index contributed by atoms with van der Waals surface area (Å²) >= 11 is 0. The van der Waals surface area contributed by atoms with E-state index >= 15 is 0 Å². The van der Waals surface area contributed by atoms with Crippen LogP contribution in [0.15, 0.2) is 97.1 Å². The Kier molecular flexibility index (Phi) is 7.13. The fraction of sp³-hybridized carbons (Fsp3) is 0.250. The van der Waals surface area contributed by atoms with Crippen molar-refractivity contribution in [2.24, 2.45) is 0 Å². The van der Waals surface area contributed by atoms with Crippen LogP contribution in [0.25, 0.3) is 0 Å². The molecule has 0 bridgehead atoms. The van der Waals surface area contributed by atoms with Gasteiger partial charge in [-0.1, -0.05) is 80.1 Å². The minimum atomic E-state index is 0.553. The maximum Gasteiger partial charge on any atom is 0.161 e. The van der Waals surface area contributed by atoms with Crippen LogP contribution in [0, 0.1) is 6.92 Å². The fourth-order valence-electron chi connectivity index (χ4n) is 4.60. The first kappa shape index (κ1) is 23.8. The van der Waals surface area contributed by atoms with Crippen molar-refractivity contribution in [2.45, 2.75) is 39.8 Å². The molecule has 0 saturated heterocycles. The Morgan fingerprint density at radius 3 is 1.64 bits per heavy atom. The molecule has 2 aliphatic heterocycles. The number of fused-ring (bicyclic) bond motifs is 2. The number of para-hydroxylation sites is 2. The van der Waals surface area contributed by atoms with E-state index in [-0.39, 0.29) is 0 Å². The van der Waals surface area contributed by atoms with Gasteiger partial charge in [0.1, 0.15) is 11.5 Å². The summed E-state index contributed by atoms with van der Waals surface area (Å²) in [6.07, 6.45) is 0. The predicted octanol–water partition coefficient (Wildman–Crippen LogP) is 7.52. The molecule has 4 aromatic carbocycles. The van der Waals surface area contributed by atoms with Crippen LogP contribution in [0.1, 0.15) is 42.0 Å². The van der Waals surface area contributed by atoms with Crippen molar-refractivity contribution in [3.05, 3.63) is 119 Å². The number of nitrogens with zero attached hydrogens (tertiary/aromatic N) is 2. The normalized spacial score (nSPS) is 14.1. The summed E-state index contributed by atoms with van der Waals surface area (Å²) in [5.41, 5.74) is 7.61. The van der Waals surface area contributed by atoms with E-state index in [2.05, 4.69) is 116 Å². The summed E-state index contributed by atoms with van der Waals surface area (Å²) in [5.74, 6) is 2.59. The van der Waals surface area contributed by atoms with E-state index in [1.54, 1.807) is 0 Å². The van der Waals surface area contributed by atoms with E-state index in [0.29, 0.717) is 19.4 Å². The summed E-state index contributed by atoms with van der Waals surface area (Å²) in [6, 6.07) is 33.7. The molecule has 0 unspecified atom stereocenters. The third-order valence-corrected chi connectivity index (χ3v) is 6.68. The van der Waals surface area contributed by atoms with E-state index in [1.165, 1.54) is 33.6 Å². The molecule has 2 aliphatic rings. The van der Waals surface area contributed by atoms with Gasteiger partial charge >= 0.3 is 0 Å². The van der Waals surface area contributed by atoms with Crippen LogP contribution >= 0.6 is 0 Å². The zero-order chi connectivity index (χ0) is 24.9. The number of hydrogen-bond acceptors (Lipinski definition) is 4. The summed E-state index contributed by atoms with van der Waals surface area (Å²) in [6.45, 7) is 9.64. The van der Waals surface area contributed by atoms with Gasteiger partial charge < -0.3 is 19.3 Å². The molecule has 4 nitrogen and oxygen atoms in total. The average Bonchev–Trinajstić information content (AvgIpc) is 2.93. The highest BCUT2D eigenvalue weighted by atomic mass is 16.5. The summed E-state index contributed by atoms with van der Waals surface area (Å²) in [4.78, 5) is 4.49. The van der Waals surface area contributed by atoms with Crippen molar-refractivity contribution in [1.82, 2.24) is 0 Å². The Labute approximate surface area is 214 Å². The molecule has 0 aromatic heterocycles. The van der Waals surface area contributed by atoms with E-state index in [4.69, 9.17) is 9.47 Å². The van der Waals surface area contributed by atoms with Gasteiger partial charge in [0.2, 0.25) is 0 Å². The molecule has 0 aliphatic carbocycles. The van der Waals surface area contributed by atoms with E-state index in [1.807, 2.05) is 12.1 Å². The van der Waals surface area contributed by atoms with Gasteiger partial charge in [0.25, 0.3) is 0 Å². The Morgan fingerprint density at radius 1 is 0.611 bits per heavy atom. The monoisotopic (exact) mass is 478 g/mol. The van der Waals surface area contributed by atoms with Crippen molar-refractivity contribution < 1.29 is 9.47 Å². The quantitative estimate of drug-likeness (QED) is 0.304. The molecular formula is C32H34N2O2. The molecule has 0 saturated carbocycles. The van der Waals surface area contributed by atoms with E-state index < -0.39 is 0 Å². The number of rotatable bonds is 3. The minimum Gasteiger partial charge on any atom is -0.473 e. The average molecular weight is 479 g/mol. The molecule has 0 atom stereocenters. The highest BCUT2D eigenvalue weighted by Crippen LogP contribution is 2.31. The summed E-state index contributed by atoms with van der Waals surface area (Å²) in [5, 5.41) is 0. The second-order valence-corrected chi connectivity index (χ2v) is 9.75. The topological polar surface area (TPSA) is 24.9 Å². The molecule has 2 heterocycles. The smallest absolute Gasteiger partial charge is 0.161 e. The zero-order valence-corrected chi connectivity index (χ0v) is 21.4. The lowest BCUT2D eigenvalue weighted by Gasteiger charge is -2.31. The largest absolute Gasteiger partial charge is 0.473 e. The second kappa shape index (κ2) is 10.8. The molecular weight excluding hydrogens is 444 g/mol. The highest BCUT2D eigenvalue weighted by molar-refractivity contribution is 5.51. The Morgan fingerprint density at radius 2 is 1.11 bits per heavy atom. The van der Waals surface area contributed by atoms with Crippen molar-refractivity contribution in [3.63, 3.8) is 0 Å². The Balaban J connectivity index is 0.000000149. The molecule has 0 N–H and O–H groups in total. The number of aryl methyl sites for hydroxylation is 1. The first-order chi connectivity index (χ1) is 17.6. The SMILES string of the molecule is CC(C)c1ccc2c(c1)CN(c1ccccc1)CO2.Cc1ccc2c(c1)CN(c1ccccc1)CO2. The maximum atomic E-state index is 5.85. The number of hydrogen-bond donors (Lipinski definition) is 0. The van der Waals surface area contributed by atoms with Gasteiger partial charge in [-0.25, -0.2) is 0 Å². The van der Waals surface area contributed by atoms with Crippen molar-refractivity contribution in [3.8, 4) is 11.5 Å². The van der Waals surface area contributed by atoms with Gasteiger partial charge in [-0.3, -0.25) is 0 Å². The van der Waals surface area contributed by atoms with Gasteiger partial charge in [-0.15, -0.1) is 0 Å². The number of ether oxygens (including phenoxy) is 2. The Hall–Kier alpha value is -3.92. The lowest BCUT2D eigenvalue weighted by atomic mass is 9.99. The zero-order valence-electron chi connectivity index (χ0n) is 21.4. The van der Waals surface area contributed by atoms with Gasteiger partial charge in [0, 0.05) is 35.6 Å². The second-order valence-electron chi connectivity index (χ2n) is 9.75. The van der Waals surface area contributed by atoms with Crippen LogP contribution in [-0.2, 0) is 13.1 Å². The molecule has 184 valence electrons. The van der Waals surface area contributed by atoms with Crippen LogP contribution in [0.4, 0.5) is 11.4 Å². The lowest BCUT2D eigenvalue weighted by Crippen LogP contribution is -2.31. The molecule has 0 fully saturated rings. The predicted molar refractivity (Wildman–Crippen MR) is 148 cm³/mol. The van der Waals surface area contributed by atoms with Gasteiger partial charge in [-0.2, -0.15) is 0 Å². The molecule has 6 rings (SSSR count). The first-order valence-electron chi connectivity index (χ1n) is 12.6. The summed E-state index contributed by atoms with van der Waals surface area (Å²) < 4.78 is 11.6. The van der Waals surface area contributed by atoms with Crippen LogP contribution < -0.4 is 19.3 Å². The van der Waals surface area contributed by atoms with Gasteiger partial charge in [0.05, 0.1) is 0 Å². The van der Waals surface area contributed by atoms with Gasteiger partial charge in [-0.05, 0) is 54.8 Å². The van der Waals surface area contributed by atoms with Crippen LogP contribution in [0.5, 0.6) is 11.5 Å². The lowest BCUT2D eigenvalue weighted by molar-refractivity contribution is 0.289. The molecule has 4 heteroatoms. The van der Waals surface area contributed by atoms with Gasteiger partial charge in [0.15, 0.2) is 13.5 Å². The molecule has 0 spiro atoms. The standard InChI is InChI=1S/C17H19NO.C15H15NO/c1-13(2)14-8-9-17-15(10-14)11-18(12-19-17)16-6-4-3-5-7-16;1-12-7-8-15-13(9-12)10-16(11-17-15)14-5-3-2-4-6-14/h3-10,13H,11-12H2,1-2H3;2-9H,10-11H2,1H3. The van der Waals surface area contributed by atoms with E-state index in [9.17, 15) is 0 Å². The van der Waals surface area contributed by atoms with Crippen molar-refractivity contribution in [1.29, 1.82) is 0 Å². The molecule has 0 amide bonds. The molecule has 36 heavy (non-hydrogen) atoms. The fourth-order valence-corrected chi connectivity index (χ4v) is 4.60. The number of anilines is 2. The summed E-state index contributed by atoms with van der Waals surface area (Å²) in [7, 11) is 0. The third kappa shape index (κ3) is 5.49. The first-order valence-corrected chi connectivity index (χ1v) is 12.6. The maximum absolute atomic E-state index is 5.85.